The normalized spacial score (nSPS) is 10.4. The summed E-state index contributed by atoms with van der Waals surface area (Å²) in [4.78, 5) is 11.7. The van der Waals surface area contributed by atoms with Crippen LogP contribution < -0.4 is 4.74 Å². The molecule has 0 radical (unpaired) electrons. The average Bonchev–Trinajstić information content (AvgIpc) is 2.37. The number of ketones is 1. The second-order valence-electron chi connectivity index (χ2n) is 4.89. The number of Topliss-reactive ketones (excluding diaryl/α,β-unsaturated/α-hetero) is 1. The van der Waals surface area contributed by atoms with E-state index in [-0.39, 0.29) is 11.6 Å². The van der Waals surface area contributed by atoms with Gasteiger partial charge in [0, 0.05) is 5.56 Å². The van der Waals surface area contributed by atoms with Gasteiger partial charge in [-0.3, -0.25) is 4.79 Å². The molecule has 0 N–H and O–H groups in total. The molecule has 104 valence electrons. The van der Waals surface area contributed by atoms with Crippen molar-refractivity contribution in [3.63, 3.8) is 0 Å². The van der Waals surface area contributed by atoms with Gasteiger partial charge in [-0.2, -0.15) is 0 Å². The van der Waals surface area contributed by atoms with Gasteiger partial charge in [-0.15, -0.1) is 0 Å². The van der Waals surface area contributed by atoms with E-state index in [1.807, 2.05) is 26.0 Å². The van der Waals surface area contributed by atoms with E-state index in [0.29, 0.717) is 11.1 Å². The third-order valence-electron chi connectivity index (χ3n) is 3.34. The second kappa shape index (κ2) is 5.45. The number of methoxy groups -OCH3 is 1. The number of carbonyl (C=O) groups is 1. The van der Waals surface area contributed by atoms with Crippen molar-refractivity contribution in [1.82, 2.24) is 0 Å². The Bertz CT molecular complexity index is 652. The van der Waals surface area contributed by atoms with Crippen molar-refractivity contribution in [3.05, 3.63) is 52.8 Å². The first kappa shape index (κ1) is 14.3. The Morgan fingerprint density at radius 2 is 1.70 bits per heavy atom. The lowest BCUT2D eigenvalue weighted by Gasteiger charge is -2.13. The fourth-order valence-corrected chi connectivity index (χ4v) is 2.49. The zero-order chi connectivity index (χ0) is 14.9. The van der Waals surface area contributed by atoms with Gasteiger partial charge in [-0.1, -0.05) is 0 Å². The Morgan fingerprint density at radius 3 is 2.20 bits per heavy atom. The maximum Gasteiger partial charge on any atom is 0.160 e. The molecule has 0 atom stereocenters. The first-order valence-electron chi connectivity index (χ1n) is 6.40. The van der Waals surface area contributed by atoms with Crippen LogP contribution >= 0.6 is 0 Å². The van der Waals surface area contributed by atoms with Crippen LogP contribution in [0.1, 0.15) is 28.4 Å². The Hall–Kier alpha value is -2.16. The Morgan fingerprint density at radius 1 is 1.10 bits per heavy atom. The molecular weight excluding hydrogens is 255 g/mol. The molecule has 0 fully saturated rings. The maximum absolute atomic E-state index is 13.5. The van der Waals surface area contributed by atoms with Gasteiger partial charge in [0.15, 0.2) is 5.78 Å². The molecule has 20 heavy (non-hydrogen) atoms. The fraction of sp³-hybridized carbons (Fsp3) is 0.235. The number of rotatable bonds is 3. The molecule has 0 aliphatic carbocycles. The van der Waals surface area contributed by atoms with Crippen molar-refractivity contribution in [2.75, 3.05) is 7.11 Å². The first-order valence-corrected chi connectivity index (χ1v) is 6.40. The summed E-state index contributed by atoms with van der Waals surface area (Å²) in [7, 11) is 1.62. The largest absolute Gasteiger partial charge is 0.496 e. The molecule has 2 rings (SSSR count). The van der Waals surface area contributed by atoms with Crippen molar-refractivity contribution in [1.29, 1.82) is 0 Å². The number of halogens is 1. The van der Waals surface area contributed by atoms with E-state index in [9.17, 15) is 9.18 Å². The molecule has 0 heterocycles. The van der Waals surface area contributed by atoms with Crippen LogP contribution in [-0.4, -0.2) is 12.9 Å². The number of hydrogen-bond acceptors (Lipinski definition) is 2. The van der Waals surface area contributed by atoms with E-state index in [2.05, 4.69) is 0 Å². The summed E-state index contributed by atoms with van der Waals surface area (Å²) >= 11 is 0. The van der Waals surface area contributed by atoms with E-state index >= 15 is 0 Å². The van der Waals surface area contributed by atoms with Gasteiger partial charge < -0.3 is 4.74 Å². The Kier molecular flexibility index (Phi) is 3.89. The molecule has 0 unspecified atom stereocenters. The molecule has 0 saturated carbocycles. The van der Waals surface area contributed by atoms with E-state index in [0.717, 1.165) is 22.4 Å². The number of aryl methyl sites for hydroxylation is 2. The summed E-state index contributed by atoms with van der Waals surface area (Å²) in [6, 6.07) is 8.06. The van der Waals surface area contributed by atoms with Crippen molar-refractivity contribution in [2.24, 2.45) is 0 Å². The lowest BCUT2D eigenvalue weighted by Crippen LogP contribution is -1.98. The predicted octanol–water partition coefficient (Wildman–Crippen LogP) is 4.32. The lowest BCUT2D eigenvalue weighted by molar-refractivity contribution is 0.101. The zero-order valence-electron chi connectivity index (χ0n) is 12.1. The molecule has 0 amide bonds. The van der Waals surface area contributed by atoms with Gasteiger partial charge in [0.2, 0.25) is 0 Å². The summed E-state index contributed by atoms with van der Waals surface area (Å²) < 4.78 is 18.8. The van der Waals surface area contributed by atoms with E-state index in [4.69, 9.17) is 4.74 Å². The van der Waals surface area contributed by atoms with Crippen LogP contribution in [0, 0.1) is 19.7 Å². The molecule has 0 aliphatic heterocycles. The van der Waals surface area contributed by atoms with Gasteiger partial charge in [-0.25, -0.2) is 4.39 Å². The number of ether oxygens (including phenoxy) is 1. The molecule has 0 bridgehead atoms. The predicted molar refractivity (Wildman–Crippen MR) is 77.9 cm³/mol. The smallest absolute Gasteiger partial charge is 0.160 e. The average molecular weight is 272 g/mol. The van der Waals surface area contributed by atoms with Gasteiger partial charge in [0.05, 0.1) is 7.11 Å². The minimum absolute atomic E-state index is 0.0777. The Balaban J connectivity index is 2.68. The van der Waals surface area contributed by atoms with Gasteiger partial charge in [0.25, 0.3) is 0 Å². The van der Waals surface area contributed by atoms with Crippen LogP contribution in [-0.2, 0) is 0 Å². The molecule has 2 nitrogen and oxygen atoms in total. The van der Waals surface area contributed by atoms with Gasteiger partial charge >= 0.3 is 0 Å². The van der Waals surface area contributed by atoms with E-state index in [1.54, 1.807) is 7.11 Å². The summed E-state index contributed by atoms with van der Waals surface area (Å²) in [5.74, 6) is 0.386. The van der Waals surface area contributed by atoms with Gasteiger partial charge in [-0.05, 0) is 73.4 Å². The fourth-order valence-electron chi connectivity index (χ4n) is 2.49. The molecule has 0 aliphatic rings. The maximum atomic E-state index is 13.5. The van der Waals surface area contributed by atoms with Crippen molar-refractivity contribution in [2.45, 2.75) is 20.8 Å². The van der Waals surface area contributed by atoms with Crippen LogP contribution in [0.2, 0.25) is 0 Å². The third kappa shape index (κ3) is 2.57. The molecule has 3 heteroatoms. The third-order valence-corrected chi connectivity index (χ3v) is 3.34. The number of carbonyl (C=O) groups excluding carboxylic acids is 1. The van der Waals surface area contributed by atoms with Crippen LogP contribution in [0.4, 0.5) is 4.39 Å². The summed E-state index contributed by atoms with van der Waals surface area (Å²) in [6.07, 6.45) is 0. The van der Waals surface area contributed by atoms with E-state index in [1.165, 1.54) is 25.1 Å². The minimum Gasteiger partial charge on any atom is -0.496 e. The Labute approximate surface area is 118 Å². The highest BCUT2D eigenvalue weighted by atomic mass is 19.1. The van der Waals surface area contributed by atoms with Crippen LogP contribution in [0.5, 0.6) is 5.75 Å². The molecule has 2 aromatic carbocycles. The highest BCUT2D eigenvalue weighted by Crippen LogP contribution is 2.32. The molecule has 2 aromatic rings. The lowest BCUT2D eigenvalue weighted by atomic mass is 9.94. The molecule has 0 saturated heterocycles. The van der Waals surface area contributed by atoms with Crippen LogP contribution in [0.3, 0.4) is 0 Å². The zero-order valence-corrected chi connectivity index (χ0v) is 12.1. The van der Waals surface area contributed by atoms with Crippen molar-refractivity contribution < 1.29 is 13.9 Å². The van der Waals surface area contributed by atoms with Crippen LogP contribution in [0.25, 0.3) is 11.1 Å². The molecular formula is C17H17FO2. The van der Waals surface area contributed by atoms with E-state index < -0.39 is 0 Å². The van der Waals surface area contributed by atoms with Crippen molar-refractivity contribution in [3.8, 4) is 16.9 Å². The van der Waals surface area contributed by atoms with Gasteiger partial charge in [0.1, 0.15) is 11.6 Å². The highest BCUT2D eigenvalue weighted by Gasteiger charge is 2.13. The topological polar surface area (TPSA) is 26.3 Å². The number of hydrogen-bond donors (Lipinski definition) is 0. The molecule has 0 spiro atoms. The van der Waals surface area contributed by atoms with Crippen molar-refractivity contribution >= 4 is 5.78 Å². The second-order valence-corrected chi connectivity index (χ2v) is 4.89. The summed E-state index contributed by atoms with van der Waals surface area (Å²) in [6.45, 7) is 5.35. The summed E-state index contributed by atoms with van der Waals surface area (Å²) in [5.41, 5.74) is 3.88. The summed E-state index contributed by atoms with van der Waals surface area (Å²) in [5, 5.41) is 0. The highest BCUT2D eigenvalue weighted by molar-refractivity contribution is 6.00. The minimum atomic E-state index is -0.351. The standard InChI is InChI=1S/C17H17FO2/c1-10-7-13(8-11(2)17(10)20-4)16-9-14(18)5-6-15(16)12(3)19/h5-9H,1-4H3. The SMILES string of the molecule is COc1c(C)cc(-c2cc(F)ccc2C(C)=O)cc1C. The van der Waals surface area contributed by atoms with Crippen LogP contribution in [0.15, 0.2) is 30.3 Å². The number of benzene rings is 2. The molecule has 0 aromatic heterocycles. The monoisotopic (exact) mass is 272 g/mol. The quantitative estimate of drug-likeness (QED) is 0.778. The first-order chi connectivity index (χ1) is 9.43.